The van der Waals surface area contributed by atoms with Crippen LogP contribution in [0.5, 0.6) is 5.75 Å². The average molecular weight is 293 g/mol. The first kappa shape index (κ1) is 15.7. The molecule has 0 radical (unpaired) electrons. The Balaban J connectivity index is 1.82. The van der Waals surface area contributed by atoms with Gasteiger partial charge in [-0.1, -0.05) is 18.6 Å². The molecule has 0 spiro atoms. The van der Waals surface area contributed by atoms with E-state index < -0.39 is 0 Å². The van der Waals surface area contributed by atoms with Gasteiger partial charge in [0, 0.05) is 6.04 Å². The number of hydrogen-bond donors (Lipinski definition) is 1. The molecule has 1 saturated heterocycles. The average Bonchev–Trinajstić information content (AvgIpc) is 2.47. The van der Waals surface area contributed by atoms with E-state index in [2.05, 4.69) is 17.2 Å². The lowest BCUT2D eigenvalue weighted by atomic mass is 9.95. The van der Waals surface area contributed by atoms with Gasteiger partial charge in [0.05, 0.1) is 0 Å². The van der Waals surface area contributed by atoms with Gasteiger partial charge in [0.2, 0.25) is 0 Å². The standard InChI is InChI=1S/C17H27NOS/c1-20-13-5-12-18-11-3-2-7-16(18)10-9-15-6-4-8-17(19)14-15/h4,6,8,14,16,19H,2-3,5,7,9-13H2,1H3. The predicted molar refractivity (Wildman–Crippen MR) is 88.6 cm³/mol. The second-order valence-corrected chi connectivity index (χ2v) is 6.73. The second kappa shape index (κ2) is 8.58. The van der Waals surface area contributed by atoms with Crippen molar-refractivity contribution in [3.63, 3.8) is 0 Å². The van der Waals surface area contributed by atoms with Crippen LogP contribution < -0.4 is 0 Å². The Morgan fingerprint density at radius 2 is 2.25 bits per heavy atom. The molecule has 2 rings (SSSR count). The van der Waals surface area contributed by atoms with Crippen molar-refractivity contribution in [1.29, 1.82) is 0 Å². The molecule has 1 aromatic carbocycles. The molecule has 0 aliphatic carbocycles. The van der Waals surface area contributed by atoms with Crippen LogP contribution in [0.1, 0.15) is 37.7 Å². The van der Waals surface area contributed by atoms with Gasteiger partial charge in [-0.25, -0.2) is 0 Å². The van der Waals surface area contributed by atoms with Crippen molar-refractivity contribution in [2.24, 2.45) is 0 Å². The second-order valence-electron chi connectivity index (χ2n) is 5.74. The van der Waals surface area contributed by atoms with Crippen molar-refractivity contribution in [3.8, 4) is 5.75 Å². The first-order chi connectivity index (χ1) is 9.79. The van der Waals surface area contributed by atoms with Crippen molar-refractivity contribution in [2.45, 2.75) is 44.6 Å². The van der Waals surface area contributed by atoms with Crippen molar-refractivity contribution < 1.29 is 5.11 Å². The molecule has 1 unspecified atom stereocenters. The number of phenolic OH excluding ortho intramolecular Hbond substituents is 1. The maximum atomic E-state index is 9.53. The Morgan fingerprint density at radius 1 is 1.35 bits per heavy atom. The molecule has 1 fully saturated rings. The molecule has 0 bridgehead atoms. The smallest absolute Gasteiger partial charge is 0.115 e. The number of likely N-dealkylation sites (tertiary alicyclic amines) is 1. The Bertz CT molecular complexity index is 396. The quantitative estimate of drug-likeness (QED) is 0.771. The monoisotopic (exact) mass is 293 g/mol. The molecule has 112 valence electrons. The fraction of sp³-hybridized carbons (Fsp3) is 0.647. The molecular formula is C17H27NOS. The summed E-state index contributed by atoms with van der Waals surface area (Å²) in [7, 11) is 0. The number of phenols is 1. The van der Waals surface area contributed by atoms with Crippen LogP contribution in [0.25, 0.3) is 0 Å². The van der Waals surface area contributed by atoms with Gasteiger partial charge < -0.3 is 10.0 Å². The number of piperidine rings is 1. The van der Waals surface area contributed by atoms with E-state index >= 15 is 0 Å². The van der Waals surface area contributed by atoms with Gasteiger partial charge in [-0.05, 0) is 74.9 Å². The summed E-state index contributed by atoms with van der Waals surface area (Å²) in [6, 6.07) is 8.47. The highest BCUT2D eigenvalue weighted by molar-refractivity contribution is 7.98. The summed E-state index contributed by atoms with van der Waals surface area (Å²) in [5.41, 5.74) is 1.26. The molecule has 1 aliphatic rings. The predicted octanol–water partition coefficient (Wildman–Crippen LogP) is 3.93. The summed E-state index contributed by atoms with van der Waals surface area (Å²) in [4.78, 5) is 2.70. The fourth-order valence-corrected chi connectivity index (χ4v) is 3.56. The van der Waals surface area contributed by atoms with Gasteiger partial charge in [0.1, 0.15) is 5.75 Å². The van der Waals surface area contributed by atoms with Crippen LogP contribution in [0.3, 0.4) is 0 Å². The SMILES string of the molecule is CSCCCN1CCCCC1CCc1cccc(O)c1. The minimum atomic E-state index is 0.392. The summed E-state index contributed by atoms with van der Waals surface area (Å²) in [6.45, 7) is 2.53. The van der Waals surface area contributed by atoms with Gasteiger partial charge >= 0.3 is 0 Å². The number of aryl methyl sites for hydroxylation is 1. The van der Waals surface area contributed by atoms with Crippen molar-refractivity contribution in [3.05, 3.63) is 29.8 Å². The topological polar surface area (TPSA) is 23.5 Å². The largest absolute Gasteiger partial charge is 0.508 e. The minimum absolute atomic E-state index is 0.392. The fourth-order valence-electron chi connectivity index (χ4n) is 3.14. The zero-order valence-electron chi connectivity index (χ0n) is 12.6. The van der Waals surface area contributed by atoms with Crippen LogP contribution in [0.15, 0.2) is 24.3 Å². The number of hydrogen-bond acceptors (Lipinski definition) is 3. The number of benzene rings is 1. The van der Waals surface area contributed by atoms with E-state index in [9.17, 15) is 5.11 Å². The number of rotatable bonds is 7. The summed E-state index contributed by atoms with van der Waals surface area (Å²) >= 11 is 1.95. The van der Waals surface area contributed by atoms with Gasteiger partial charge in [-0.2, -0.15) is 11.8 Å². The third kappa shape index (κ3) is 5.02. The Labute approximate surface area is 127 Å². The van der Waals surface area contributed by atoms with Crippen molar-refractivity contribution in [1.82, 2.24) is 4.90 Å². The zero-order chi connectivity index (χ0) is 14.2. The van der Waals surface area contributed by atoms with E-state index in [1.807, 2.05) is 23.9 Å². The van der Waals surface area contributed by atoms with Crippen LogP contribution in [0.2, 0.25) is 0 Å². The maximum absolute atomic E-state index is 9.53. The lowest BCUT2D eigenvalue weighted by molar-refractivity contribution is 0.141. The lowest BCUT2D eigenvalue weighted by Crippen LogP contribution is -2.40. The number of thioether (sulfide) groups is 1. The van der Waals surface area contributed by atoms with Crippen LogP contribution >= 0.6 is 11.8 Å². The van der Waals surface area contributed by atoms with Crippen LogP contribution in [0, 0.1) is 0 Å². The summed E-state index contributed by atoms with van der Waals surface area (Å²) in [5.74, 6) is 1.67. The Kier molecular flexibility index (Phi) is 6.74. The number of nitrogens with zero attached hydrogens (tertiary/aromatic N) is 1. The molecule has 0 saturated carbocycles. The Morgan fingerprint density at radius 3 is 3.05 bits per heavy atom. The zero-order valence-corrected chi connectivity index (χ0v) is 13.4. The van der Waals surface area contributed by atoms with Crippen LogP contribution in [-0.2, 0) is 6.42 Å². The van der Waals surface area contributed by atoms with E-state index in [4.69, 9.17) is 0 Å². The Hall–Kier alpha value is -0.670. The highest BCUT2D eigenvalue weighted by atomic mass is 32.2. The summed E-state index contributed by atoms with van der Waals surface area (Å²) in [6.07, 6.45) is 9.89. The molecular weight excluding hydrogens is 266 g/mol. The van der Waals surface area contributed by atoms with Gasteiger partial charge in [-0.15, -0.1) is 0 Å². The molecule has 3 heteroatoms. The van der Waals surface area contributed by atoms with Gasteiger partial charge in [0.15, 0.2) is 0 Å². The molecule has 1 heterocycles. The third-order valence-electron chi connectivity index (χ3n) is 4.22. The van der Waals surface area contributed by atoms with Crippen LogP contribution in [-0.4, -0.2) is 41.1 Å². The maximum Gasteiger partial charge on any atom is 0.115 e. The van der Waals surface area contributed by atoms with Crippen LogP contribution in [0.4, 0.5) is 0 Å². The van der Waals surface area contributed by atoms with E-state index in [1.165, 1.54) is 56.5 Å². The lowest BCUT2D eigenvalue weighted by Gasteiger charge is -2.36. The number of aromatic hydroxyl groups is 1. The normalized spacial score (nSPS) is 20.1. The van der Waals surface area contributed by atoms with E-state index in [0.717, 1.165) is 12.5 Å². The van der Waals surface area contributed by atoms with Gasteiger partial charge in [-0.3, -0.25) is 0 Å². The minimum Gasteiger partial charge on any atom is -0.508 e. The summed E-state index contributed by atoms with van der Waals surface area (Å²) in [5, 5.41) is 9.53. The molecule has 1 aromatic rings. The van der Waals surface area contributed by atoms with Gasteiger partial charge in [0.25, 0.3) is 0 Å². The highest BCUT2D eigenvalue weighted by Gasteiger charge is 2.21. The van der Waals surface area contributed by atoms with E-state index in [-0.39, 0.29) is 0 Å². The molecule has 1 atom stereocenters. The molecule has 2 nitrogen and oxygen atoms in total. The first-order valence-electron chi connectivity index (χ1n) is 7.80. The van der Waals surface area contributed by atoms with Crippen molar-refractivity contribution in [2.75, 3.05) is 25.1 Å². The third-order valence-corrected chi connectivity index (χ3v) is 4.92. The molecule has 0 amide bonds. The molecule has 1 N–H and O–H groups in total. The van der Waals surface area contributed by atoms with E-state index in [0.29, 0.717) is 5.75 Å². The molecule has 0 aromatic heterocycles. The first-order valence-corrected chi connectivity index (χ1v) is 9.20. The van der Waals surface area contributed by atoms with Crippen molar-refractivity contribution >= 4 is 11.8 Å². The molecule has 1 aliphatic heterocycles. The highest BCUT2D eigenvalue weighted by Crippen LogP contribution is 2.22. The molecule has 20 heavy (non-hydrogen) atoms. The van der Waals surface area contributed by atoms with E-state index in [1.54, 1.807) is 6.07 Å². The summed E-state index contributed by atoms with van der Waals surface area (Å²) < 4.78 is 0.